The predicted octanol–water partition coefficient (Wildman–Crippen LogP) is 5.87. The molecule has 2 atom stereocenters. The van der Waals surface area contributed by atoms with E-state index >= 15 is 0 Å². The molecule has 12 heteroatoms. The lowest BCUT2D eigenvalue weighted by Gasteiger charge is -2.30. The number of nitrogens with one attached hydrogen (secondary N) is 1. The maximum absolute atomic E-state index is 14.0. The monoisotopic (exact) mass is 642 g/mol. The third kappa shape index (κ3) is 5.08. The number of ether oxygens (including phenoxy) is 1. The van der Waals surface area contributed by atoms with Crippen molar-refractivity contribution in [3.05, 3.63) is 85.9 Å². The van der Waals surface area contributed by atoms with Crippen LogP contribution in [0.15, 0.2) is 42.5 Å². The zero-order chi connectivity index (χ0) is 30.8. The molecule has 222 valence electrons. The van der Waals surface area contributed by atoms with E-state index < -0.39 is 28.6 Å². The number of carbonyl (C=O) groups is 2. The van der Waals surface area contributed by atoms with Crippen LogP contribution < -0.4 is 15.8 Å². The molecular weight excluding hydrogens is 618 g/mol. The van der Waals surface area contributed by atoms with Gasteiger partial charge in [-0.15, -0.1) is 0 Å². The number of halogens is 4. The van der Waals surface area contributed by atoms with Crippen molar-refractivity contribution in [1.82, 2.24) is 15.3 Å². The number of aliphatic hydroxyl groups is 1. The summed E-state index contributed by atoms with van der Waals surface area (Å²) in [6.07, 6.45) is 1.38. The van der Waals surface area contributed by atoms with Gasteiger partial charge in [0.2, 0.25) is 5.91 Å². The van der Waals surface area contributed by atoms with Gasteiger partial charge in [-0.25, -0.2) is 9.37 Å². The zero-order valence-corrected chi connectivity index (χ0v) is 25.4. The molecule has 1 saturated carbocycles. The fourth-order valence-electron chi connectivity index (χ4n) is 5.41. The van der Waals surface area contributed by atoms with E-state index in [-0.39, 0.29) is 46.1 Å². The first kappa shape index (κ1) is 29.6. The third-order valence-corrected chi connectivity index (χ3v) is 9.25. The Kier molecular flexibility index (Phi) is 7.28. The summed E-state index contributed by atoms with van der Waals surface area (Å²) < 4.78 is 19.9. The Balaban J connectivity index is 1.40. The van der Waals surface area contributed by atoms with E-state index in [4.69, 9.17) is 50.3 Å². The Bertz CT molecular complexity index is 1850. The van der Waals surface area contributed by atoms with Crippen molar-refractivity contribution >= 4 is 57.5 Å². The van der Waals surface area contributed by atoms with E-state index in [1.165, 1.54) is 24.3 Å². The Morgan fingerprint density at radius 1 is 1.12 bits per heavy atom. The number of primary amides is 1. The molecule has 4 N–H and O–H groups in total. The maximum Gasteiger partial charge on any atom is 0.251 e. The van der Waals surface area contributed by atoms with Gasteiger partial charge < -0.3 is 20.9 Å². The maximum atomic E-state index is 14.0. The molecule has 1 fully saturated rings. The van der Waals surface area contributed by atoms with E-state index in [1.807, 2.05) is 0 Å². The van der Waals surface area contributed by atoms with Crippen LogP contribution in [-0.4, -0.2) is 40.0 Å². The number of rotatable bonds is 7. The zero-order valence-electron chi connectivity index (χ0n) is 23.1. The number of nitrogens with two attached hydrogens (primary N) is 1. The molecule has 2 aromatic carbocycles. The van der Waals surface area contributed by atoms with Crippen LogP contribution >= 0.6 is 34.8 Å². The van der Waals surface area contributed by atoms with E-state index in [9.17, 15) is 19.1 Å². The summed E-state index contributed by atoms with van der Waals surface area (Å²) in [5.74, 6) is -1.64. The van der Waals surface area contributed by atoms with Crippen LogP contribution in [0.5, 0.6) is 5.75 Å². The lowest BCUT2D eigenvalue weighted by atomic mass is 9.81. The fourth-order valence-corrected chi connectivity index (χ4v) is 6.02. The quantitative estimate of drug-likeness (QED) is 0.231. The second-order valence-corrected chi connectivity index (χ2v) is 12.5. The number of hydrogen-bond acceptors (Lipinski definition) is 6. The number of pyridine rings is 2. The van der Waals surface area contributed by atoms with Gasteiger partial charge in [-0.05, 0) is 75.1 Å². The highest BCUT2D eigenvalue weighted by Crippen LogP contribution is 2.50. The van der Waals surface area contributed by atoms with Crippen molar-refractivity contribution in [3.63, 3.8) is 0 Å². The molecule has 43 heavy (non-hydrogen) atoms. The van der Waals surface area contributed by atoms with Crippen LogP contribution in [0, 0.1) is 18.7 Å². The van der Waals surface area contributed by atoms with E-state index in [0.717, 1.165) is 0 Å². The highest BCUT2D eigenvalue weighted by Gasteiger charge is 2.50. The molecule has 0 radical (unpaired) electrons. The molecule has 6 rings (SSSR count). The van der Waals surface area contributed by atoms with Crippen molar-refractivity contribution < 1.29 is 23.8 Å². The van der Waals surface area contributed by atoms with Crippen LogP contribution in [0.2, 0.25) is 15.1 Å². The first-order chi connectivity index (χ1) is 20.3. The molecule has 4 aromatic rings. The van der Waals surface area contributed by atoms with Crippen LogP contribution in [0.25, 0.3) is 22.2 Å². The van der Waals surface area contributed by atoms with Gasteiger partial charge >= 0.3 is 0 Å². The van der Waals surface area contributed by atoms with E-state index in [0.29, 0.717) is 51.3 Å². The molecule has 0 spiro atoms. The second-order valence-electron chi connectivity index (χ2n) is 11.3. The average Bonchev–Trinajstić information content (AvgIpc) is 3.77. The minimum absolute atomic E-state index is 0.0373. The number of benzene rings is 2. The second kappa shape index (κ2) is 10.6. The number of nitrogens with zero attached hydrogens (tertiary/aromatic N) is 2. The van der Waals surface area contributed by atoms with Crippen LogP contribution in [-0.2, 0) is 15.8 Å². The minimum Gasteiger partial charge on any atom is -0.489 e. The standard InChI is InChI=1S/C31H26Cl3FN4O4/c1-14-20(32)9-16-7-17(10-22(34)25(16)38-14)28(40)37-12-31(42,18-4-5-18)24-11-19-27(43-13-30(19,2)29(36)41)26(39-24)15-3-6-23(35)21(33)8-15/h3,6-11,18,42H,4-5,12-13H2,1-2H3,(H2,36,41)(H,37,40)/t30-,31?/m0/s1. The van der Waals surface area contributed by atoms with Gasteiger partial charge in [0.25, 0.3) is 5.91 Å². The third-order valence-electron chi connectivity index (χ3n) is 8.29. The van der Waals surface area contributed by atoms with Crippen molar-refractivity contribution in [2.75, 3.05) is 13.2 Å². The molecule has 2 aliphatic rings. The van der Waals surface area contributed by atoms with Gasteiger partial charge in [0.1, 0.15) is 34.9 Å². The largest absolute Gasteiger partial charge is 0.489 e. The first-order valence-corrected chi connectivity index (χ1v) is 14.7. The first-order valence-electron chi connectivity index (χ1n) is 13.5. The summed E-state index contributed by atoms with van der Waals surface area (Å²) in [6.45, 7) is 3.18. The normalized spacial score (nSPS) is 19.0. The summed E-state index contributed by atoms with van der Waals surface area (Å²) in [5.41, 5.74) is 5.70. The Hall–Kier alpha value is -3.50. The molecule has 0 bridgehead atoms. The van der Waals surface area contributed by atoms with E-state index in [1.54, 1.807) is 32.0 Å². The number of aryl methyl sites for hydroxylation is 1. The van der Waals surface area contributed by atoms with E-state index in [2.05, 4.69) is 10.3 Å². The topological polar surface area (TPSA) is 127 Å². The highest BCUT2D eigenvalue weighted by molar-refractivity contribution is 6.36. The fraction of sp³-hybridized carbons (Fsp3) is 0.290. The molecule has 1 unspecified atom stereocenters. The van der Waals surface area contributed by atoms with Crippen molar-refractivity contribution in [2.45, 2.75) is 37.7 Å². The lowest BCUT2D eigenvalue weighted by Crippen LogP contribution is -2.44. The molecule has 2 amide bonds. The SMILES string of the molecule is Cc1nc2c(Cl)cc(C(=O)NCC(O)(c3cc4c(c(-c5ccc(F)c(Cl)c5)n3)OC[C@]4(C)C(N)=O)C3CC3)cc2cc1Cl. The van der Waals surface area contributed by atoms with Crippen molar-refractivity contribution in [2.24, 2.45) is 11.7 Å². The molecule has 8 nitrogen and oxygen atoms in total. The lowest BCUT2D eigenvalue weighted by molar-refractivity contribution is -0.123. The molecule has 1 aliphatic heterocycles. The molecule has 1 aliphatic carbocycles. The molecule has 2 aromatic heterocycles. The van der Waals surface area contributed by atoms with Gasteiger partial charge in [-0.1, -0.05) is 34.8 Å². The van der Waals surface area contributed by atoms with Gasteiger partial charge in [-0.3, -0.25) is 14.6 Å². The Labute approximate surface area is 261 Å². The van der Waals surface area contributed by atoms with Gasteiger partial charge in [0, 0.05) is 22.1 Å². The summed E-state index contributed by atoms with van der Waals surface area (Å²) in [5, 5.41) is 16.2. The Morgan fingerprint density at radius 3 is 2.53 bits per heavy atom. The van der Waals surface area contributed by atoms with Crippen LogP contribution in [0.4, 0.5) is 4.39 Å². The number of amides is 2. The van der Waals surface area contributed by atoms with Crippen molar-refractivity contribution in [1.29, 1.82) is 0 Å². The van der Waals surface area contributed by atoms with Crippen LogP contribution in [0.1, 0.15) is 47.1 Å². The smallest absolute Gasteiger partial charge is 0.251 e. The number of fused-ring (bicyclic) bond motifs is 2. The Morgan fingerprint density at radius 2 is 1.86 bits per heavy atom. The number of carbonyl (C=O) groups excluding carboxylic acids is 2. The summed E-state index contributed by atoms with van der Waals surface area (Å²) in [7, 11) is 0. The summed E-state index contributed by atoms with van der Waals surface area (Å²) >= 11 is 18.8. The molecule has 0 saturated heterocycles. The number of aromatic nitrogens is 2. The average molecular weight is 644 g/mol. The predicted molar refractivity (Wildman–Crippen MR) is 162 cm³/mol. The number of hydrogen-bond donors (Lipinski definition) is 3. The summed E-state index contributed by atoms with van der Waals surface area (Å²) in [4.78, 5) is 35.1. The molecular formula is C31H26Cl3FN4O4. The van der Waals surface area contributed by atoms with Crippen molar-refractivity contribution in [3.8, 4) is 17.0 Å². The van der Waals surface area contributed by atoms with Gasteiger partial charge in [0.05, 0.1) is 38.5 Å². The highest BCUT2D eigenvalue weighted by atomic mass is 35.5. The van der Waals surface area contributed by atoms with Crippen LogP contribution in [0.3, 0.4) is 0 Å². The minimum atomic E-state index is -1.62. The molecule has 3 heterocycles. The summed E-state index contributed by atoms with van der Waals surface area (Å²) in [6, 6.07) is 10.5. The van der Waals surface area contributed by atoms with Gasteiger partial charge in [-0.2, -0.15) is 0 Å². The van der Waals surface area contributed by atoms with Gasteiger partial charge in [0.15, 0.2) is 0 Å².